The Kier molecular flexibility index (Phi) is 3.23. The molecule has 1 amide bonds. The van der Waals surface area contributed by atoms with Gasteiger partial charge in [0.1, 0.15) is 6.04 Å². The maximum Gasteiger partial charge on any atom is 0.256 e. The number of benzene rings is 2. The van der Waals surface area contributed by atoms with E-state index in [0.29, 0.717) is 11.7 Å². The van der Waals surface area contributed by atoms with Crippen molar-refractivity contribution in [2.45, 2.75) is 32.9 Å². The molecule has 2 aliphatic rings. The molecule has 1 saturated heterocycles. The fourth-order valence-electron chi connectivity index (χ4n) is 3.52. The molecule has 0 aliphatic carbocycles. The average molecular weight is 322 g/mol. The van der Waals surface area contributed by atoms with Gasteiger partial charge < -0.3 is 4.90 Å². The van der Waals surface area contributed by atoms with Crippen LogP contribution in [0.2, 0.25) is 0 Å². The first-order chi connectivity index (χ1) is 11.1. The normalized spacial score (nSPS) is 19.8. The number of carbonyl (C=O) groups excluding carboxylic acids is 1. The van der Waals surface area contributed by atoms with E-state index in [4.69, 9.17) is 12.2 Å². The highest BCUT2D eigenvalue weighted by Gasteiger charge is 2.45. The lowest BCUT2D eigenvalue weighted by Gasteiger charge is -2.30. The van der Waals surface area contributed by atoms with Gasteiger partial charge in [-0.05, 0) is 54.4 Å². The Morgan fingerprint density at radius 1 is 1.04 bits per heavy atom. The van der Waals surface area contributed by atoms with Crippen LogP contribution in [0.15, 0.2) is 42.5 Å². The molecule has 0 bridgehead atoms. The number of thiocarbonyl (C=S) groups is 1. The van der Waals surface area contributed by atoms with Gasteiger partial charge in [0.15, 0.2) is 5.11 Å². The zero-order chi connectivity index (χ0) is 16.1. The number of nitrogens with zero attached hydrogens (tertiary/aromatic N) is 2. The predicted molar refractivity (Wildman–Crippen MR) is 95.5 cm³/mol. The minimum atomic E-state index is -0.169. The maximum atomic E-state index is 13.0. The van der Waals surface area contributed by atoms with Gasteiger partial charge in [0.05, 0.1) is 5.69 Å². The van der Waals surface area contributed by atoms with Crippen molar-refractivity contribution in [2.75, 3.05) is 4.90 Å². The first-order valence-corrected chi connectivity index (χ1v) is 8.26. The van der Waals surface area contributed by atoms with E-state index in [1.165, 1.54) is 16.7 Å². The van der Waals surface area contributed by atoms with Crippen LogP contribution in [0.4, 0.5) is 5.69 Å². The highest BCUT2D eigenvalue weighted by molar-refractivity contribution is 7.80. The first kappa shape index (κ1) is 14.4. The van der Waals surface area contributed by atoms with Gasteiger partial charge in [0.25, 0.3) is 5.91 Å². The van der Waals surface area contributed by atoms with E-state index in [2.05, 4.69) is 30.0 Å². The molecule has 0 unspecified atom stereocenters. The third kappa shape index (κ3) is 2.09. The molecule has 1 atom stereocenters. The number of carbonyl (C=O) groups is 1. The second-order valence-electron chi connectivity index (χ2n) is 6.29. The number of hydrogen-bond donors (Lipinski definition) is 0. The SMILES string of the molecule is Cc1cccc(N2C(=O)[C@@H]3Cc4ccccc4CN3C2=S)c1C. The van der Waals surface area contributed by atoms with Crippen molar-refractivity contribution >= 4 is 28.9 Å². The molecule has 23 heavy (non-hydrogen) atoms. The van der Waals surface area contributed by atoms with Gasteiger partial charge in [0, 0.05) is 13.0 Å². The number of amides is 1. The van der Waals surface area contributed by atoms with E-state index in [0.717, 1.165) is 17.7 Å². The lowest BCUT2D eigenvalue weighted by Crippen LogP contribution is -2.39. The van der Waals surface area contributed by atoms with E-state index >= 15 is 0 Å². The molecule has 1 fully saturated rings. The smallest absolute Gasteiger partial charge is 0.256 e. The molecular weight excluding hydrogens is 304 g/mol. The van der Waals surface area contributed by atoms with Crippen LogP contribution in [0.1, 0.15) is 22.3 Å². The Labute approximate surface area is 141 Å². The molecule has 0 radical (unpaired) electrons. The summed E-state index contributed by atoms with van der Waals surface area (Å²) in [5.74, 6) is 0.0956. The summed E-state index contributed by atoms with van der Waals surface area (Å²) in [5, 5.41) is 0.628. The van der Waals surface area contributed by atoms with Crippen LogP contribution in [0.3, 0.4) is 0 Å². The quantitative estimate of drug-likeness (QED) is 0.752. The highest BCUT2D eigenvalue weighted by Crippen LogP contribution is 2.34. The largest absolute Gasteiger partial charge is 0.332 e. The topological polar surface area (TPSA) is 23.6 Å². The molecule has 0 aromatic heterocycles. The van der Waals surface area contributed by atoms with Crippen LogP contribution in [-0.4, -0.2) is 22.0 Å². The second-order valence-corrected chi connectivity index (χ2v) is 6.66. The Balaban J connectivity index is 1.76. The molecule has 4 heteroatoms. The van der Waals surface area contributed by atoms with Crippen LogP contribution in [-0.2, 0) is 17.8 Å². The summed E-state index contributed by atoms with van der Waals surface area (Å²) in [6.07, 6.45) is 0.733. The molecule has 2 aliphatic heterocycles. The van der Waals surface area contributed by atoms with E-state index in [9.17, 15) is 4.79 Å². The molecule has 4 rings (SSSR count). The van der Waals surface area contributed by atoms with Gasteiger partial charge in [-0.1, -0.05) is 36.4 Å². The third-order valence-electron chi connectivity index (χ3n) is 5.01. The summed E-state index contributed by atoms with van der Waals surface area (Å²) in [6, 6.07) is 14.2. The molecule has 3 nitrogen and oxygen atoms in total. The molecule has 0 saturated carbocycles. The Morgan fingerprint density at radius 2 is 1.78 bits per heavy atom. The molecular formula is C19H18N2OS. The Hall–Kier alpha value is -2.20. The van der Waals surface area contributed by atoms with Crippen molar-refractivity contribution in [3.63, 3.8) is 0 Å². The fourth-order valence-corrected chi connectivity index (χ4v) is 3.90. The van der Waals surface area contributed by atoms with Crippen LogP contribution in [0.5, 0.6) is 0 Å². The summed E-state index contributed by atoms with van der Waals surface area (Å²) >= 11 is 5.66. The lowest BCUT2D eigenvalue weighted by molar-refractivity contribution is -0.120. The van der Waals surface area contributed by atoms with Crippen molar-refractivity contribution in [2.24, 2.45) is 0 Å². The van der Waals surface area contributed by atoms with Crippen LogP contribution in [0, 0.1) is 13.8 Å². The molecule has 0 N–H and O–H groups in total. The minimum Gasteiger partial charge on any atom is -0.332 e. The second kappa shape index (κ2) is 5.17. The molecule has 2 aromatic carbocycles. The van der Waals surface area contributed by atoms with E-state index in [1.54, 1.807) is 4.90 Å². The molecule has 2 aromatic rings. The van der Waals surface area contributed by atoms with Crippen molar-refractivity contribution in [1.82, 2.24) is 4.90 Å². The van der Waals surface area contributed by atoms with Crippen LogP contribution in [0.25, 0.3) is 0 Å². The zero-order valence-electron chi connectivity index (χ0n) is 13.2. The summed E-state index contributed by atoms with van der Waals surface area (Å²) in [5.41, 5.74) is 5.72. The minimum absolute atomic E-state index is 0.0956. The van der Waals surface area contributed by atoms with Gasteiger partial charge in [0.2, 0.25) is 0 Å². The van der Waals surface area contributed by atoms with Gasteiger partial charge in [-0.25, -0.2) is 0 Å². The van der Waals surface area contributed by atoms with Crippen molar-refractivity contribution < 1.29 is 4.79 Å². The fraction of sp³-hybridized carbons (Fsp3) is 0.263. The number of rotatable bonds is 1. The van der Waals surface area contributed by atoms with Crippen LogP contribution < -0.4 is 4.90 Å². The summed E-state index contributed by atoms with van der Waals surface area (Å²) in [6.45, 7) is 4.82. The summed E-state index contributed by atoms with van der Waals surface area (Å²) in [4.78, 5) is 16.8. The van der Waals surface area contributed by atoms with Crippen molar-refractivity contribution in [3.05, 3.63) is 64.7 Å². The van der Waals surface area contributed by atoms with E-state index in [1.807, 2.05) is 31.2 Å². The lowest BCUT2D eigenvalue weighted by atomic mass is 9.95. The molecule has 116 valence electrons. The van der Waals surface area contributed by atoms with Gasteiger partial charge in [-0.15, -0.1) is 0 Å². The predicted octanol–water partition coefficient (Wildman–Crippen LogP) is 3.36. The zero-order valence-corrected chi connectivity index (χ0v) is 14.1. The number of fused-ring (bicyclic) bond motifs is 2. The highest BCUT2D eigenvalue weighted by atomic mass is 32.1. The Bertz CT molecular complexity index is 787. The summed E-state index contributed by atoms with van der Waals surface area (Å²) < 4.78 is 0. The van der Waals surface area contributed by atoms with Gasteiger partial charge in [-0.2, -0.15) is 0 Å². The van der Waals surface area contributed by atoms with Crippen molar-refractivity contribution in [1.29, 1.82) is 0 Å². The standard InChI is InChI=1S/C19H18N2OS/c1-12-6-5-9-16(13(12)2)21-18(22)17-10-14-7-3-4-8-15(14)11-20(17)19(21)23/h3-9,17H,10-11H2,1-2H3/t17-/m0/s1. The number of hydrogen-bond acceptors (Lipinski definition) is 2. The number of anilines is 1. The third-order valence-corrected chi connectivity index (χ3v) is 5.43. The molecule has 0 spiro atoms. The maximum absolute atomic E-state index is 13.0. The average Bonchev–Trinajstić information content (AvgIpc) is 2.79. The van der Waals surface area contributed by atoms with E-state index < -0.39 is 0 Å². The van der Waals surface area contributed by atoms with Gasteiger partial charge in [-0.3, -0.25) is 9.69 Å². The summed E-state index contributed by atoms with van der Waals surface area (Å²) in [7, 11) is 0. The first-order valence-electron chi connectivity index (χ1n) is 7.85. The number of aryl methyl sites for hydroxylation is 1. The van der Waals surface area contributed by atoms with E-state index in [-0.39, 0.29) is 11.9 Å². The Morgan fingerprint density at radius 3 is 2.57 bits per heavy atom. The molecule has 2 heterocycles. The van der Waals surface area contributed by atoms with Crippen molar-refractivity contribution in [3.8, 4) is 0 Å². The monoisotopic (exact) mass is 322 g/mol. The van der Waals surface area contributed by atoms with Gasteiger partial charge >= 0.3 is 0 Å². The van der Waals surface area contributed by atoms with Crippen LogP contribution >= 0.6 is 12.2 Å².